The Morgan fingerprint density at radius 1 is 1.77 bits per heavy atom. The maximum absolute atomic E-state index is 10.6. The number of hydrogen-bond donors (Lipinski definition) is 1. The molecule has 0 aliphatic heterocycles. The average Bonchev–Trinajstić information content (AvgIpc) is 2.10. The van der Waals surface area contributed by atoms with Gasteiger partial charge in [-0.05, 0) is 6.26 Å². The van der Waals surface area contributed by atoms with Crippen molar-refractivity contribution < 1.29 is 14.5 Å². The molecule has 13 heavy (non-hydrogen) atoms. The van der Waals surface area contributed by atoms with Crippen LogP contribution in [0.3, 0.4) is 0 Å². The standard InChI is InChI=1S/C6H10N2O4S/c1-12-6(9)3-7-5(13-2)4-8(10)11/h4,7H,3H2,1-2H3. The fourth-order valence-electron chi connectivity index (χ4n) is 0.498. The summed E-state index contributed by atoms with van der Waals surface area (Å²) >= 11 is 1.15. The number of nitro groups is 1. The first-order valence-electron chi connectivity index (χ1n) is 3.30. The van der Waals surface area contributed by atoms with E-state index >= 15 is 0 Å². The van der Waals surface area contributed by atoms with Crippen LogP contribution in [0.2, 0.25) is 0 Å². The first-order valence-corrected chi connectivity index (χ1v) is 4.52. The molecule has 0 rings (SSSR count). The average molecular weight is 206 g/mol. The second-order valence-corrected chi connectivity index (χ2v) is 2.76. The summed E-state index contributed by atoms with van der Waals surface area (Å²) in [6, 6.07) is 0. The van der Waals surface area contributed by atoms with Gasteiger partial charge >= 0.3 is 5.97 Å². The topological polar surface area (TPSA) is 81.5 Å². The minimum atomic E-state index is -0.587. The van der Waals surface area contributed by atoms with Gasteiger partial charge in [-0.2, -0.15) is 0 Å². The fourth-order valence-corrected chi connectivity index (χ4v) is 0.906. The van der Waals surface area contributed by atoms with Gasteiger partial charge in [-0.15, -0.1) is 11.8 Å². The third kappa shape index (κ3) is 5.97. The van der Waals surface area contributed by atoms with Gasteiger partial charge in [0.2, 0.25) is 0 Å². The summed E-state index contributed by atoms with van der Waals surface area (Å²) in [7, 11) is 1.25. The number of nitrogens with one attached hydrogen (secondary N) is 1. The number of carbonyl (C=O) groups is 1. The number of esters is 1. The van der Waals surface area contributed by atoms with Crippen LogP contribution in [-0.2, 0) is 9.53 Å². The van der Waals surface area contributed by atoms with Crippen LogP contribution in [0.1, 0.15) is 0 Å². The Morgan fingerprint density at radius 3 is 2.77 bits per heavy atom. The Hall–Kier alpha value is -1.24. The molecule has 0 saturated heterocycles. The summed E-state index contributed by atoms with van der Waals surface area (Å²) in [5, 5.41) is 12.9. The van der Waals surface area contributed by atoms with Crippen molar-refractivity contribution in [1.29, 1.82) is 0 Å². The number of rotatable bonds is 5. The highest BCUT2D eigenvalue weighted by molar-refractivity contribution is 8.02. The molecule has 0 aliphatic rings. The van der Waals surface area contributed by atoms with Crippen molar-refractivity contribution in [2.45, 2.75) is 0 Å². The molecule has 0 spiro atoms. The molecular formula is C6H10N2O4S. The molecule has 0 unspecified atom stereocenters. The molecule has 1 N–H and O–H groups in total. The van der Waals surface area contributed by atoms with Gasteiger partial charge in [0.1, 0.15) is 11.6 Å². The van der Waals surface area contributed by atoms with Crippen LogP contribution in [0, 0.1) is 10.1 Å². The molecule has 0 aromatic rings. The van der Waals surface area contributed by atoms with Gasteiger partial charge in [-0.3, -0.25) is 14.9 Å². The van der Waals surface area contributed by atoms with Crippen LogP contribution in [0.4, 0.5) is 0 Å². The SMILES string of the molecule is COC(=O)CNC(=C[N+](=O)[O-])SC. The first-order chi connectivity index (χ1) is 6.10. The van der Waals surface area contributed by atoms with Gasteiger partial charge < -0.3 is 10.1 Å². The van der Waals surface area contributed by atoms with E-state index in [4.69, 9.17) is 0 Å². The molecular weight excluding hydrogens is 196 g/mol. The zero-order valence-electron chi connectivity index (χ0n) is 7.27. The smallest absolute Gasteiger partial charge is 0.325 e. The van der Waals surface area contributed by atoms with Gasteiger partial charge in [0.15, 0.2) is 0 Å². The highest BCUT2D eigenvalue weighted by Crippen LogP contribution is 2.06. The van der Waals surface area contributed by atoms with Crippen LogP contribution in [-0.4, -0.2) is 30.8 Å². The summed E-state index contributed by atoms with van der Waals surface area (Å²) in [5.74, 6) is -0.469. The van der Waals surface area contributed by atoms with Crippen molar-refractivity contribution >= 4 is 17.7 Å². The Kier molecular flexibility index (Phi) is 5.69. The van der Waals surface area contributed by atoms with Crippen LogP contribution in [0.25, 0.3) is 0 Å². The number of nitrogens with zero attached hydrogens (tertiary/aromatic N) is 1. The third-order valence-electron chi connectivity index (χ3n) is 1.08. The maximum atomic E-state index is 10.6. The van der Waals surface area contributed by atoms with E-state index in [0.29, 0.717) is 5.03 Å². The second-order valence-electron chi connectivity index (χ2n) is 1.91. The highest BCUT2D eigenvalue weighted by Gasteiger charge is 2.04. The van der Waals surface area contributed by atoms with Crippen LogP contribution < -0.4 is 5.32 Å². The monoisotopic (exact) mass is 206 g/mol. The van der Waals surface area contributed by atoms with E-state index in [9.17, 15) is 14.9 Å². The summed E-state index contributed by atoms with van der Waals surface area (Å²) < 4.78 is 4.34. The third-order valence-corrected chi connectivity index (χ3v) is 1.77. The van der Waals surface area contributed by atoms with E-state index in [1.54, 1.807) is 6.26 Å². The minimum Gasteiger partial charge on any atom is -0.468 e. The van der Waals surface area contributed by atoms with E-state index in [1.165, 1.54) is 7.11 Å². The number of thioether (sulfide) groups is 1. The van der Waals surface area contributed by atoms with Gasteiger partial charge in [0.05, 0.1) is 12.0 Å². The highest BCUT2D eigenvalue weighted by atomic mass is 32.2. The zero-order chi connectivity index (χ0) is 10.3. The van der Waals surface area contributed by atoms with Gasteiger partial charge in [-0.1, -0.05) is 0 Å². The van der Waals surface area contributed by atoms with E-state index in [0.717, 1.165) is 18.0 Å². The van der Waals surface area contributed by atoms with Gasteiger partial charge in [0.25, 0.3) is 6.20 Å². The lowest BCUT2D eigenvalue weighted by Gasteiger charge is -2.03. The quantitative estimate of drug-likeness (QED) is 0.393. The van der Waals surface area contributed by atoms with Crippen molar-refractivity contribution in [2.75, 3.05) is 19.9 Å². The molecule has 0 saturated carbocycles. The molecule has 0 radical (unpaired) electrons. The Balaban J connectivity index is 3.99. The molecule has 0 atom stereocenters. The van der Waals surface area contributed by atoms with Gasteiger partial charge in [0, 0.05) is 0 Å². The maximum Gasteiger partial charge on any atom is 0.325 e. The number of methoxy groups -OCH3 is 1. The lowest BCUT2D eigenvalue weighted by atomic mass is 10.6. The second kappa shape index (κ2) is 6.30. The Bertz CT molecular complexity index is 229. The molecule has 0 aliphatic carbocycles. The van der Waals surface area contributed by atoms with E-state index in [2.05, 4.69) is 10.1 Å². The number of carbonyl (C=O) groups excluding carboxylic acids is 1. The van der Waals surface area contributed by atoms with Crippen molar-refractivity contribution in [3.8, 4) is 0 Å². The van der Waals surface area contributed by atoms with Crippen molar-refractivity contribution in [1.82, 2.24) is 5.32 Å². The molecule has 0 bridgehead atoms. The summed E-state index contributed by atoms with van der Waals surface area (Å²) in [5.41, 5.74) is 0. The molecule has 0 amide bonds. The van der Waals surface area contributed by atoms with Crippen LogP contribution in [0.5, 0.6) is 0 Å². The Labute approximate surface area is 79.5 Å². The molecule has 0 aromatic carbocycles. The Morgan fingerprint density at radius 2 is 2.38 bits per heavy atom. The van der Waals surface area contributed by atoms with Crippen molar-refractivity contribution in [2.24, 2.45) is 0 Å². The normalized spacial score (nSPS) is 10.8. The molecule has 74 valence electrons. The van der Waals surface area contributed by atoms with Gasteiger partial charge in [-0.25, -0.2) is 0 Å². The van der Waals surface area contributed by atoms with E-state index < -0.39 is 10.9 Å². The minimum absolute atomic E-state index is 0.0724. The summed E-state index contributed by atoms with van der Waals surface area (Å²) in [6.07, 6.45) is 2.47. The van der Waals surface area contributed by atoms with E-state index in [1.807, 2.05) is 0 Å². The zero-order valence-corrected chi connectivity index (χ0v) is 8.09. The predicted molar refractivity (Wildman–Crippen MR) is 48.6 cm³/mol. The molecule has 0 heterocycles. The molecule has 6 nitrogen and oxygen atoms in total. The van der Waals surface area contributed by atoms with E-state index in [-0.39, 0.29) is 6.54 Å². The van der Waals surface area contributed by atoms with Crippen LogP contribution in [0.15, 0.2) is 11.2 Å². The fraction of sp³-hybridized carbons (Fsp3) is 0.500. The number of ether oxygens (including phenoxy) is 1. The molecule has 0 fully saturated rings. The lowest BCUT2D eigenvalue weighted by molar-refractivity contribution is -0.403. The van der Waals surface area contributed by atoms with Crippen LogP contribution >= 0.6 is 11.8 Å². The number of hydrogen-bond acceptors (Lipinski definition) is 6. The lowest BCUT2D eigenvalue weighted by Crippen LogP contribution is -2.22. The largest absolute Gasteiger partial charge is 0.468 e. The summed E-state index contributed by atoms with van der Waals surface area (Å²) in [6.45, 7) is -0.0724. The van der Waals surface area contributed by atoms with Crippen molar-refractivity contribution in [3.63, 3.8) is 0 Å². The molecule has 0 aromatic heterocycles. The van der Waals surface area contributed by atoms with Crippen molar-refractivity contribution in [3.05, 3.63) is 21.3 Å². The first kappa shape index (κ1) is 11.8. The predicted octanol–water partition coefficient (Wildman–Crippen LogP) is 0.188. The molecule has 7 heteroatoms. The summed E-state index contributed by atoms with van der Waals surface area (Å²) in [4.78, 5) is 20.1.